The summed E-state index contributed by atoms with van der Waals surface area (Å²) in [6.45, 7) is 1.99. The second-order valence-corrected chi connectivity index (χ2v) is 5.32. The van der Waals surface area contributed by atoms with Crippen LogP contribution < -0.4 is 14.2 Å². The molecule has 0 aliphatic carbocycles. The molecule has 0 saturated heterocycles. The van der Waals surface area contributed by atoms with Crippen molar-refractivity contribution < 1.29 is 19.3 Å². The van der Waals surface area contributed by atoms with E-state index in [2.05, 4.69) is 0 Å². The van der Waals surface area contributed by atoms with Crippen LogP contribution in [0.5, 0.6) is 23.0 Å². The minimum absolute atomic E-state index is 0.0121. The first-order valence-corrected chi connectivity index (χ1v) is 7.15. The second kappa shape index (κ2) is 6.79. The molecule has 0 fully saturated rings. The zero-order valence-electron chi connectivity index (χ0n) is 13.1. The number of hydrogen-bond donors (Lipinski definition) is 1. The maximum atomic E-state index is 10.3. The fourth-order valence-corrected chi connectivity index (χ4v) is 2.59. The number of halogens is 1. The van der Waals surface area contributed by atoms with Gasteiger partial charge in [0.25, 0.3) is 0 Å². The Balaban J connectivity index is 2.56. The summed E-state index contributed by atoms with van der Waals surface area (Å²) < 4.78 is 16.1. The molecule has 0 saturated carbocycles. The molecular weight excluding hydrogens is 304 g/mol. The minimum atomic E-state index is -0.0121. The first-order chi connectivity index (χ1) is 10.5. The molecule has 22 heavy (non-hydrogen) atoms. The van der Waals surface area contributed by atoms with Gasteiger partial charge in [-0.3, -0.25) is 0 Å². The quantitative estimate of drug-likeness (QED) is 0.904. The number of phenolic OH excluding ortho intramolecular Hbond substituents is 1. The van der Waals surface area contributed by atoms with Gasteiger partial charge in [-0.2, -0.15) is 0 Å². The van der Waals surface area contributed by atoms with Crippen molar-refractivity contribution in [2.75, 3.05) is 21.3 Å². The molecule has 0 bridgehead atoms. The van der Waals surface area contributed by atoms with Gasteiger partial charge in [-0.15, -0.1) is 0 Å². The van der Waals surface area contributed by atoms with E-state index < -0.39 is 0 Å². The van der Waals surface area contributed by atoms with Crippen LogP contribution in [-0.4, -0.2) is 26.4 Å². The average Bonchev–Trinajstić information content (AvgIpc) is 2.52. The Morgan fingerprint density at radius 2 is 1.68 bits per heavy atom. The van der Waals surface area contributed by atoms with Crippen LogP contribution in [0.4, 0.5) is 0 Å². The molecule has 2 aromatic rings. The third-order valence-corrected chi connectivity index (χ3v) is 3.79. The summed E-state index contributed by atoms with van der Waals surface area (Å²) >= 11 is 6.08. The lowest BCUT2D eigenvalue weighted by Crippen LogP contribution is -2.00. The predicted octanol–water partition coefficient (Wildman–Crippen LogP) is 3.97. The van der Waals surface area contributed by atoms with E-state index in [0.717, 1.165) is 16.9 Å². The van der Waals surface area contributed by atoms with Gasteiger partial charge in [-0.05, 0) is 24.1 Å². The number of aryl methyl sites for hydroxylation is 1. The highest BCUT2D eigenvalue weighted by Crippen LogP contribution is 2.43. The maximum Gasteiger partial charge on any atom is 0.168 e. The van der Waals surface area contributed by atoms with Crippen LogP contribution in [0.2, 0.25) is 5.02 Å². The highest BCUT2D eigenvalue weighted by molar-refractivity contribution is 6.32. The van der Waals surface area contributed by atoms with Gasteiger partial charge < -0.3 is 19.3 Å². The Labute approximate surface area is 135 Å². The van der Waals surface area contributed by atoms with E-state index >= 15 is 0 Å². The zero-order valence-corrected chi connectivity index (χ0v) is 13.8. The fraction of sp³-hybridized carbons (Fsp3) is 0.294. The van der Waals surface area contributed by atoms with Crippen molar-refractivity contribution >= 4 is 11.6 Å². The molecular formula is C17H19ClO4. The summed E-state index contributed by atoms with van der Waals surface area (Å²) in [4.78, 5) is 0. The molecule has 0 heterocycles. The van der Waals surface area contributed by atoms with Crippen molar-refractivity contribution in [2.45, 2.75) is 13.3 Å². The smallest absolute Gasteiger partial charge is 0.168 e. The highest BCUT2D eigenvalue weighted by atomic mass is 35.5. The van der Waals surface area contributed by atoms with Gasteiger partial charge in [0.1, 0.15) is 11.5 Å². The lowest BCUT2D eigenvalue weighted by atomic mass is 10.0. The van der Waals surface area contributed by atoms with Crippen molar-refractivity contribution in [3.8, 4) is 23.0 Å². The molecule has 4 nitrogen and oxygen atoms in total. The van der Waals surface area contributed by atoms with Crippen molar-refractivity contribution in [2.24, 2.45) is 0 Å². The van der Waals surface area contributed by atoms with E-state index in [0.29, 0.717) is 23.5 Å². The van der Waals surface area contributed by atoms with Crippen LogP contribution >= 0.6 is 11.6 Å². The lowest BCUT2D eigenvalue weighted by Gasteiger charge is -2.17. The first-order valence-electron chi connectivity index (χ1n) is 6.77. The first kappa shape index (κ1) is 16.3. The van der Waals surface area contributed by atoms with Crippen LogP contribution in [0.3, 0.4) is 0 Å². The molecule has 0 aliphatic rings. The Morgan fingerprint density at radius 3 is 2.27 bits per heavy atom. The Kier molecular flexibility index (Phi) is 5.03. The third kappa shape index (κ3) is 3.07. The van der Waals surface area contributed by atoms with Gasteiger partial charge in [0, 0.05) is 18.1 Å². The molecule has 5 heteroatoms. The predicted molar refractivity (Wildman–Crippen MR) is 86.8 cm³/mol. The third-order valence-electron chi connectivity index (χ3n) is 3.50. The number of benzene rings is 2. The maximum absolute atomic E-state index is 10.3. The van der Waals surface area contributed by atoms with E-state index in [-0.39, 0.29) is 10.8 Å². The number of rotatable bonds is 5. The van der Waals surface area contributed by atoms with Crippen molar-refractivity contribution in [1.29, 1.82) is 0 Å². The molecule has 2 rings (SSSR count). The van der Waals surface area contributed by atoms with E-state index in [1.165, 1.54) is 20.3 Å². The summed E-state index contributed by atoms with van der Waals surface area (Å²) in [5, 5.41) is 10.5. The number of ether oxygens (including phenoxy) is 3. The van der Waals surface area contributed by atoms with Crippen LogP contribution in [0.25, 0.3) is 0 Å². The summed E-state index contributed by atoms with van der Waals surface area (Å²) in [5.41, 5.74) is 2.58. The monoisotopic (exact) mass is 322 g/mol. The molecule has 1 N–H and O–H groups in total. The molecule has 0 spiro atoms. The normalized spacial score (nSPS) is 10.4. The lowest BCUT2D eigenvalue weighted by molar-refractivity contribution is 0.347. The molecule has 0 unspecified atom stereocenters. The summed E-state index contributed by atoms with van der Waals surface area (Å²) in [6.07, 6.45) is 0.412. The van der Waals surface area contributed by atoms with E-state index in [4.69, 9.17) is 25.8 Å². The Hall–Kier alpha value is -2.07. The number of aromatic hydroxyl groups is 1. The van der Waals surface area contributed by atoms with Gasteiger partial charge >= 0.3 is 0 Å². The fourth-order valence-electron chi connectivity index (χ4n) is 2.38. The van der Waals surface area contributed by atoms with Gasteiger partial charge in [-0.25, -0.2) is 0 Å². The second-order valence-electron chi connectivity index (χ2n) is 4.91. The van der Waals surface area contributed by atoms with Crippen LogP contribution in [0, 0.1) is 6.92 Å². The Morgan fingerprint density at radius 1 is 1.00 bits per heavy atom. The molecule has 0 aromatic heterocycles. The van der Waals surface area contributed by atoms with Crippen molar-refractivity contribution in [3.05, 3.63) is 46.0 Å². The van der Waals surface area contributed by atoms with E-state index in [9.17, 15) is 5.11 Å². The minimum Gasteiger partial charge on any atom is -0.506 e. The van der Waals surface area contributed by atoms with E-state index in [1.807, 2.05) is 25.1 Å². The summed E-state index contributed by atoms with van der Waals surface area (Å²) in [7, 11) is 4.68. The van der Waals surface area contributed by atoms with E-state index in [1.54, 1.807) is 7.11 Å². The molecule has 2 aromatic carbocycles. The molecule has 118 valence electrons. The molecule has 0 radical (unpaired) electrons. The number of phenols is 1. The SMILES string of the molecule is COc1cc(C)ccc1Cc1c(O)c(Cl)cc(OC)c1OC. The molecule has 0 atom stereocenters. The highest BCUT2D eigenvalue weighted by Gasteiger charge is 2.20. The van der Waals surface area contributed by atoms with Gasteiger partial charge in [0.15, 0.2) is 11.5 Å². The summed E-state index contributed by atoms with van der Waals surface area (Å²) in [6, 6.07) is 7.43. The molecule has 0 amide bonds. The Bertz CT molecular complexity index is 683. The largest absolute Gasteiger partial charge is 0.506 e. The van der Waals surface area contributed by atoms with Crippen molar-refractivity contribution in [3.63, 3.8) is 0 Å². The number of methoxy groups -OCH3 is 3. The van der Waals surface area contributed by atoms with Crippen LogP contribution in [0.15, 0.2) is 24.3 Å². The van der Waals surface area contributed by atoms with Crippen LogP contribution in [0.1, 0.15) is 16.7 Å². The standard InChI is InChI=1S/C17H19ClO4/c1-10-5-6-11(14(7-10)20-2)8-12-16(19)13(18)9-15(21-3)17(12)22-4/h5-7,9,19H,8H2,1-4H3. The average molecular weight is 323 g/mol. The van der Waals surface area contributed by atoms with Gasteiger partial charge in [0.2, 0.25) is 0 Å². The van der Waals surface area contributed by atoms with Gasteiger partial charge in [-0.1, -0.05) is 23.7 Å². The number of hydrogen-bond acceptors (Lipinski definition) is 4. The van der Waals surface area contributed by atoms with Crippen LogP contribution in [-0.2, 0) is 6.42 Å². The van der Waals surface area contributed by atoms with Crippen molar-refractivity contribution in [1.82, 2.24) is 0 Å². The topological polar surface area (TPSA) is 47.9 Å². The molecule has 0 aliphatic heterocycles. The van der Waals surface area contributed by atoms with Gasteiger partial charge in [0.05, 0.1) is 26.4 Å². The summed E-state index contributed by atoms with van der Waals surface area (Å²) in [5.74, 6) is 1.68. The zero-order chi connectivity index (χ0) is 16.3.